The molecular weight excluding hydrogens is 354 g/mol. The van der Waals surface area contributed by atoms with Gasteiger partial charge in [0.1, 0.15) is 22.8 Å². The summed E-state index contributed by atoms with van der Waals surface area (Å²) in [5.74, 6) is 0.620. The molecule has 9 nitrogen and oxygen atoms in total. The van der Waals surface area contributed by atoms with E-state index in [0.29, 0.717) is 29.6 Å². The summed E-state index contributed by atoms with van der Waals surface area (Å²) in [4.78, 5) is 18.6. The molecule has 136 valence electrons. The Balaban J connectivity index is 1.75. The number of aromatic amines is 1. The van der Waals surface area contributed by atoms with Crippen molar-refractivity contribution in [3.8, 4) is 0 Å². The van der Waals surface area contributed by atoms with E-state index in [4.69, 9.17) is 4.74 Å². The Bertz CT molecular complexity index is 939. The fraction of sp³-hybridized carbons (Fsp3) is 0.312. The van der Waals surface area contributed by atoms with Gasteiger partial charge in [0.15, 0.2) is 11.5 Å². The molecule has 10 heteroatoms. The highest BCUT2D eigenvalue weighted by Crippen LogP contribution is 2.32. The number of nitrogens with one attached hydrogen (secondary N) is 3. The minimum Gasteiger partial charge on any atom is -0.378 e. The molecular formula is C16H19N7O2S. The molecule has 1 aliphatic heterocycles. The van der Waals surface area contributed by atoms with Gasteiger partial charge in [0, 0.05) is 13.1 Å². The van der Waals surface area contributed by atoms with Crippen molar-refractivity contribution in [3.63, 3.8) is 0 Å². The smallest absolute Gasteiger partial charge is 0.182 e. The molecule has 26 heavy (non-hydrogen) atoms. The third-order valence-electron chi connectivity index (χ3n) is 4.20. The number of benzene rings is 1. The molecule has 4 rings (SSSR count). The van der Waals surface area contributed by atoms with Gasteiger partial charge < -0.3 is 19.9 Å². The summed E-state index contributed by atoms with van der Waals surface area (Å²) < 4.78 is 20.4. The van der Waals surface area contributed by atoms with Crippen molar-refractivity contribution >= 4 is 39.3 Å². The minimum absolute atomic E-state index is 0.588. The lowest BCUT2D eigenvalue weighted by Gasteiger charge is -2.31. The van der Waals surface area contributed by atoms with Gasteiger partial charge in [0.05, 0.1) is 35.8 Å². The summed E-state index contributed by atoms with van der Waals surface area (Å²) in [5.41, 5.74) is 3.14. The first-order valence-corrected chi connectivity index (χ1v) is 9.38. The number of anilines is 3. The van der Waals surface area contributed by atoms with E-state index < -0.39 is 11.0 Å². The van der Waals surface area contributed by atoms with E-state index in [9.17, 15) is 4.21 Å². The Morgan fingerprint density at radius 3 is 2.88 bits per heavy atom. The summed E-state index contributed by atoms with van der Waals surface area (Å²) in [7, 11) is 0.387. The molecule has 2 aromatic heterocycles. The predicted octanol–water partition coefficient (Wildman–Crippen LogP) is 1.18. The van der Waals surface area contributed by atoms with Crippen molar-refractivity contribution in [2.45, 2.75) is 4.90 Å². The number of imidazole rings is 1. The van der Waals surface area contributed by atoms with Crippen molar-refractivity contribution in [3.05, 3.63) is 30.9 Å². The van der Waals surface area contributed by atoms with E-state index in [2.05, 4.69) is 34.9 Å². The Morgan fingerprint density at radius 1 is 1.23 bits per heavy atom. The van der Waals surface area contributed by atoms with Crippen LogP contribution in [0.1, 0.15) is 0 Å². The van der Waals surface area contributed by atoms with Crippen LogP contribution in [0.4, 0.5) is 17.2 Å². The molecule has 0 spiro atoms. The maximum absolute atomic E-state index is 12.2. The molecule has 3 heterocycles. The fourth-order valence-corrected chi connectivity index (χ4v) is 3.57. The van der Waals surface area contributed by atoms with Gasteiger partial charge in [-0.3, -0.25) is 0 Å². The third-order valence-corrected chi connectivity index (χ3v) is 5.25. The van der Waals surface area contributed by atoms with Crippen molar-refractivity contribution in [2.75, 3.05) is 43.6 Å². The number of fused-ring (bicyclic) bond motifs is 1. The summed E-state index contributed by atoms with van der Waals surface area (Å²) in [6.07, 6.45) is 3.05. The Labute approximate surface area is 152 Å². The average Bonchev–Trinajstić information content (AvgIpc) is 3.18. The first-order chi connectivity index (χ1) is 12.8. The number of hydrogen-bond donors (Lipinski definition) is 3. The van der Waals surface area contributed by atoms with Crippen LogP contribution in [0.5, 0.6) is 0 Å². The van der Waals surface area contributed by atoms with E-state index in [-0.39, 0.29) is 0 Å². The van der Waals surface area contributed by atoms with Crippen LogP contribution in [0, 0.1) is 0 Å². The second-order valence-corrected chi connectivity index (χ2v) is 7.12. The molecule has 1 aromatic carbocycles. The molecule has 0 saturated carbocycles. The zero-order chi connectivity index (χ0) is 17.9. The Kier molecular flexibility index (Phi) is 4.78. The molecule has 0 aliphatic carbocycles. The number of aromatic nitrogens is 4. The van der Waals surface area contributed by atoms with Gasteiger partial charge in [0.25, 0.3) is 0 Å². The average molecular weight is 373 g/mol. The van der Waals surface area contributed by atoms with Gasteiger partial charge in [-0.05, 0) is 25.2 Å². The summed E-state index contributed by atoms with van der Waals surface area (Å²) in [5, 5.41) is 3.35. The zero-order valence-corrected chi connectivity index (χ0v) is 15.0. The summed E-state index contributed by atoms with van der Waals surface area (Å²) >= 11 is 0. The normalized spacial score (nSPS) is 16.0. The van der Waals surface area contributed by atoms with E-state index in [1.54, 1.807) is 13.4 Å². The molecule has 0 amide bonds. The standard InChI is InChI=1S/C16H19N7O2S/c1-17-26(24)11-2-3-13(23-4-6-25-7-5-23)12(8-11)22-16-14-15(19-9-18-14)20-10-21-16/h2-3,8-10,17H,4-7H2,1H3,(H2,18,19,20,21,22). The number of hydrogen-bond acceptors (Lipinski definition) is 7. The van der Waals surface area contributed by atoms with Gasteiger partial charge in [-0.2, -0.15) is 0 Å². The van der Waals surface area contributed by atoms with Crippen molar-refractivity contribution < 1.29 is 8.95 Å². The van der Waals surface area contributed by atoms with Crippen LogP contribution in [0.2, 0.25) is 0 Å². The highest BCUT2D eigenvalue weighted by Gasteiger charge is 2.18. The van der Waals surface area contributed by atoms with Crippen LogP contribution in [0.15, 0.2) is 35.7 Å². The fourth-order valence-electron chi connectivity index (χ4n) is 2.92. The SMILES string of the molecule is CNS(=O)c1ccc(N2CCOCC2)c(Nc2ncnc3nc[nH]c23)c1. The largest absolute Gasteiger partial charge is 0.378 e. The first kappa shape index (κ1) is 16.9. The molecule has 3 aromatic rings. The molecule has 1 aliphatic rings. The molecule has 3 N–H and O–H groups in total. The summed E-state index contributed by atoms with van der Waals surface area (Å²) in [6, 6.07) is 5.72. The maximum Gasteiger partial charge on any atom is 0.182 e. The van der Waals surface area contributed by atoms with Crippen LogP contribution >= 0.6 is 0 Å². The molecule has 0 bridgehead atoms. The van der Waals surface area contributed by atoms with Crippen LogP contribution in [-0.4, -0.2) is 57.5 Å². The predicted molar refractivity (Wildman–Crippen MR) is 99.9 cm³/mol. The second-order valence-electron chi connectivity index (χ2n) is 5.70. The third kappa shape index (κ3) is 3.26. The van der Waals surface area contributed by atoms with Crippen molar-refractivity contribution in [1.29, 1.82) is 0 Å². The molecule has 1 saturated heterocycles. The number of morpholine rings is 1. The topological polar surface area (TPSA) is 108 Å². The number of rotatable bonds is 5. The number of ether oxygens (including phenoxy) is 1. The lowest BCUT2D eigenvalue weighted by atomic mass is 10.2. The lowest BCUT2D eigenvalue weighted by Crippen LogP contribution is -2.36. The highest BCUT2D eigenvalue weighted by atomic mass is 32.2. The second kappa shape index (κ2) is 7.36. The Hall–Kier alpha value is -2.56. The number of H-pyrrole nitrogens is 1. The van der Waals surface area contributed by atoms with E-state index >= 15 is 0 Å². The molecule has 1 unspecified atom stereocenters. The molecule has 1 atom stereocenters. The van der Waals surface area contributed by atoms with Crippen LogP contribution in [-0.2, 0) is 15.7 Å². The molecule has 1 fully saturated rings. The monoisotopic (exact) mass is 373 g/mol. The quantitative estimate of drug-likeness (QED) is 0.616. The lowest BCUT2D eigenvalue weighted by molar-refractivity contribution is 0.123. The van der Waals surface area contributed by atoms with Crippen LogP contribution in [0.3, 0.4) is 0 Å². The summed E-state index contributed by atoms with van der Waals surface area (Å²) in [6.45, 7) is 2.96. The van der Waals surface area contributed by atoms with Crippen molar-refractivity contribution in [2.24, 2.45) is 0 Å². The van der Waals surface area contributed by atoms with Gasteiger partial charge in [-0.15, -0.1) is 0 Å². The first-order valence-electron chi connectivity index (χ1n) is 8.23. The zero-order valence-electron chi connectivity index (χ0n) is 14.2. The number of nitrogens with zero attached hydrogens (tertiary/aromatic N) is 4. The van der Waals surface area contributed by atoms with Gasteiger partial charge >= 0.3 is 0 Å². The highest BCUT2D eigenvalue weighted by molar-refractivity contribution is 7.83. The van der Waals surface area contributed by atoms with Gasteiger partial charge in [-0.25, -0.2) is 23.9 Å². The van der Waals surface area contributed by atoms with E-state index in [1.807, 2.05) is 18.2 Å². The van der Waals surface area contributed by atoms with Gasteiger partial charge in [0.2, 0.25) is 0 Å². The Morgan fingerprint density at radius 2 is 2.08 bits per heavy atom. The maximum atomic E-state index is 12.2. The van der Waals surface area contributed by atoms with Crippen molar-refractivity contribution in [1.82, 2.24) is 24.7 Å². The van der Waals surface area contributed by atoms with Gasteiger partial charge in [-0.1, -0.05) is 0 Å². The van der Waals surface area contributed by atoms with Crippen LogP contribution < -0.4 is 14.9 Å². The van der Waals surface area contributed by atoms with Crippen LogP contribution in [0.25, 0.3) is 11.2 Å². The van der Waals surface area contributed by atoms with E-state index in [0.717, 1.165) is 30.0 Å². The minimum atomic E-state index is -1.28. The van der Waals surface area contributed by atoms with E-state index in [1.165, 1.54) is 6.33 Å². The molecule has 0 radical (unpaired) electrons.